The minimum atomic E-state index is -0.820. The van der Waals surface area contributed by atoms with Gasteiger partial charge in [0, 0.05) is 9.99 Å². The molecule has 2 aromatic carbocycles. The van der Waals surface area contributed by atoms with Crippen LogP contribution in [-0.4, -0.2) is 5.11 Å². The highest BCUT2D eigenvalue weighted by atomic mass is 127. The van der Waals surface area contributed by atoms with Gasteiger partial charge < -0.3 is 5.11 Å². The molecular formula is C17H19IO. The first-order valence-corrected chi connectivity index (χ1v) is 7.65. The van der Waals surface area contributed by atoms with Crippen molar-refractivity contribution in [2.75, 3.05) is 0 Å². The molecule has 0 bridgehead atoms. The molecule has 100 valence electrons. The van der Waals surface area contributed by atoms with E-state index < -0.39 is 5.60 Å². The van der Waals surface area contributed by atoms with Crippen molar-refractivity contribution in [3.8, 4) is 0 Å². The van der Waals surface area contributed by atoms with E-state index >= 15 is 0 Å². The van der Waals surface area contributed by atoms with Crippen LogP contribution in [0.1, 0.15) is 30.5 Å². The highest BCUT2D eigenvalue weighted by Gasteiger charge is 2.23. The minimum Gasteiger partial charge on any atom is -0.385 e. The maximum atomic E-state index is 10.7. The van der Waals surface area contributed by atoms with Crippen LogP contribution in [0.2, 0.25) is 0 Å². The summed E-state index contributed by atoms with van der Waals surface area (Å²) in [4.78, 5) is 0. The number of hydrogen-bond donors (Lipinski definition) is 1. The Balaban J connectivity index is 2.18. The van der Waals surface area contributed by atoms with E-state index in [0.29, 0.717) is 6.42 Å². The maximum absolute atomic E-state index is 10.7. The van der Waals surface area contributed by atoms with Crippen molar-refractivity contribution in [2.45, 2.75) is 32.3 Å². The van der Waals surface area contributed by atoms with Crippen LogP contribution < -0.4 is 0 Å². The van der Waals surface area contributed by atoms with E-state index in [2.05, 4.69) is 65.9 Å². The van der Waals surface area contributed by atoms with E-state index in [-0.39, 0.29) is 0 Å². The van der Waals surface area contributed by atoms with E-state index in [1.807, 2.05) is 19.1 Å². The van der Waals surface area contributed by atoms with Gasteiger partial charge in [0.1, 0.15) is 0 Å². The number of benzene rings is 2. The first-order valence-electron chi connectivity index (χ1n) is 6.57. The lowest BCUT2D eigenvalue weighted by atomic mass is 9.88. The van der Waals surface area contributed by atoms with Gasteiger partial charge in [0.2, 0.25) is 0 Å². The Kier molecular flexibility index (Phi) is 4.63. The zero-order valence-corrected chi connectivity index (χ0v) is 13.5. The second-order valence-electron chi connectivity index (χ2n) is 5.13. The lowest BCUT2D eigenvalue weighted by Gasteiger charge is -2.24. The molecule has 2 heteroatoms. The molecule has 0 fully saturated rings. The van der Waals surface area contributed by atoms with Crippen molar-refractivity contribution >= 4 is 22.6 Å². The molecule has 0 radical (unpaired) electrons. The third kappa shape index (κ3) is 3.80. The average molecular weight is 366 g/mol. The standard InChI is InChI=1S/C17H19IO/c1-3-13-4-8-15(9-5-13)17(2,19)12-14-6-10-16(18)11-7-14/h4-11,19H,3,12H2,1-2H3. The molecule has 0 aliphatic carbocycles. The van der Waals surface area contributed by atoms with Crippen molar-refractivity contribution in [3.05, 3.63) is 68.8 Å². The van der Waals surface area contributed by atoms with E-state index in [1.165, 1.54) is 9.13 Å². The molecule has 0 saturated carbocycles. The van der Waals surface area contributed by atoms with Crippen molar-refractivity contribution in [1.29, 1.82) is 0 Å². The van der Waals surface area contributed by atoms with Crippen LogP contribution in [0.5, 0.6) is 0 Å². The highest BCUT2D eigenvalue weighted by molar-refractivity contribution is 14.1. The zero-order chi connectivity index (χ0) is 13.9. The summed E-state index contributed by atoms with van der Waals surface area (Å²) in [5.41, 5.74) is 2.61. The Morgan fingerprint density at radius 3 is 2.00 bits per heavy atom. The van der Waals surface area contributed by atoms with Crippen molar-refractivity contribution in [1.82, 2.24) is 0 Å². The second kappa shape index (κ2) is 6.06. The third-order valence-corrected chi connectivity index (χ3v) is 4.16. The van der Waals surface area contributed by atoms with Crippen LogP contribution in [0, 0.1) is 3.57 Å². The number of halogens is 1. The number of aryl methyl sites for hydroxylation is 1. The predicted octanol–water partition coefficient (Wildman–Crippen LogP) is 4.30. The summed E-state index contributed by atoms with van der Waals surface area (Å²) in [5.74, 6) is 0. The first kappa shape index (κ1) is 14.5. The Morgan fingerprint density at radius 2 is 1.47 bits per heavy atom. The van der Waals surface area contributed by atoms with Crippen LogP contribution in [-0.2, 0) is 18.4 Å². The van der Waals surface area contributed by atoms with Gasteiger partial charge in [-0.2, -0.15) is 0 Å². The van der Waals surface area contributed by atoms with Gasteiger partial charge in [-0.1, -0.05) is 43.3 Å². The molecular weight excluding hydrogens is 347 g/mol. The summed E-state index contributed by atoms with van der Waals surface area (Å²) in [6.07, 6.45) is 1.66. The lowest BCUT2D eigenvalue weighted by molar-refractivity contribution is 0.0576. The van der Waals surface area contributed by atoms with Gasteiger partial charge in [-0.05, 0) is 64.8 Å². The molecule has 2 aromatic rings. The van der Waals surface area contributed by atoms with Crippen LogP contribution in [0.15, 0.2) is 48.5 Å². The van der Waals surface area contributed by atoms with Crippen LogP contribution in [0.25, 0.3) is 0 Å². The molecule has 2 rings (SSSR count). The van der Waals surface area contributed by atoms with Crippen LogP contribution in [0.3, 0.4) is 0 Å². The fraction of sp³-hybridized carbons (Fsp3) is 0.294. The van der Waals surface area contributed by atoms with Gasteiger partial charge in [-0.25, -0.2) is 0 Å². The average Bonchev–Trinajstić information content (AvgIpc) is 2.41. The highest BCUT2D eigenvalue weighted by Crippen LogP contribution is 2.26. The molecule has 1 unspecified atom stereocenters. The normalized spacial score (nSPS) is 14.1. The minimum absolute atomic E-state index is 0.634. The summed E-state index contributed by atoms with van der Waals surface area (Å²) < 4.78 is 1.22. The zero-order valence-electron chi connectivity index (χ0n) is 11.4. The summed E-state index contributed by atoms with van der Waals surface area (Å²) in [6, 6.07) is 16.6. The van der Waals surface area contributed by atoms with Crippen LogP contribution in [0.4, 0.5) is 0 Å². The molecule has 0 heterocycles. The van der Waals surface area contributed by atoms with Crippen LogP contribution >= 0.6 is 22.6 Å². The van der Waals surface area contributed by atoms with Gasteiger partial charge in [0.25, 0.3) is 0 Å². The van der Waals surface area contributed by atoms with E-state index in [1.54, 1.807) is 0 Å². The van der Waals surface area contributed by atoms with Gasteiger partial charge in [0.05, 0.1) is 5.60 Å². The number of rotatable bonds is 4. The fourth-order valence-corrected chi connectivity index (χ4v) is 2.56. The van der Waals surface area contributed by atoms with Crippen molar-refractivity contribution in [3.63, 3.8) is 0 Å². The molecule has 1 atom stereocenters. The molecule has 0 aliphatic rings. The molecule has 0 amide bonds. The van der Waals surface area contributed by atoms with E-state index in [9.17, 15) is 5.11 Å². The van der Waals surface area contributed by atoms with Gasteiger partial charge in [0.15, 0.2) is 0 Å². The summed E-state index contributed by atoms with van der Waals surface area (Å²) in [5, 5.41) is 10.7. The molecule has 1 nitrogen and oxygen atoms in total. The maximum Gasteiger partial charge on any atom is 0.0908 e. The molecule has 19 heavy (non-hydrogen) atoms. The quantitative estimate of drug-likeness (QED) is 0.800. The van der Waals surface area contributed by atoms with Gasteiger partial charge >= 0.3 is 0 Å². The predicted molar refractivity (Wildman–Crippen MR) is 88.3 cm³/mol. The fourth-order valence-electron chi connectivity index (χ4n) is 2.20. The smallest absolute Gasteiger partial charge is 0.0908 e. The Hall–Kier alpha value is -0.870. The SMILES string of the molecule is CCc1ccc(C(C)(O)Cc2ccc(I)cc2)cc1. The first-order chi connectivity index (χ1) is 9.01. The molecule has 1 N–H and O–H groups in total. The number of aliphatic hydroxyl groups is 1. The Morgan fingerprint density at radius 1 is 0.947 bits per heavy atom. The summed E-state index contributed by atoms with van der Waals surface area (Å²) >= 11 is 2.29. The van der Waals surface area contributed by atoms with Crippen molar-refractivity contribution < 1.29 is 5.11 Å². The Bertz CT molecular complexity index is 526. The molecule has 0 aliphatic heterocycles. The second-order valence-corrected chi connectivity index (χ2v) is 6.37. The molecule has 0 saturated heterocycles. The molecule has 0 aromatic heterocycles. The number of hydrogen-bond acceptors (Lipinski definition) is 1. The lowest BCUT2D eigenvalue weighted by Crippen LogP contribution is -2.24. The molecule has 0 spiro atoms. The monoisotopic (exact) mass is 366 g/mol. The van der Waals surface area contributed by atoms with E-state index in [0.717, 1.165) is 17.5 Å². The summed E-state index contributed by atoms with van der Waals surface area (Å²) in [6.45, 7) is 4.02. The van der Waals surface area contributed by atoms with Crippen molar-refractivity contribution in [2.24, 2.45) is 0 Å². The third-order valence-electron chi connectivity index (χ3n) is 3.45. The van der Waals surface area contributed by atoms with Gasteiger partial charge in [-0.3, -0.25) is 0 Å². The van der Waals surface area contributed by atoms with Gasteiger partial charge in [-0.15, -0.1) is 0 Å². The van der Waals surface area contributed by atoms with E-state index in [4.69, 9.17) is 0 Å². The largest absolute Gasteiger partial charge is 0.385 e. The Labute approximate surface area is 128 Å². The summed E-state index contributed by atoms with van der Waals surface area (Å²) in [7, 11) is 0. The topological polar surface area (TPSA) is 20.2 Å².